The van der Waals surface area contributed by atoms with Gasteiger partial charge in [-0.3, -0.25) is 0 Å². The van der Waals surface area contributed by atoms with Gasteiger partial charge in [-0.15, -0.1) is 0 Å². The maximum atomic E-state index is 5.71. The van der Waals surface area contributed by atoms with Crippen molar-refractivity contribution in [1.29, 1.82) is 0 Å². The molecule has 0 bridgehead atoms. The predicted octanol–water partition coefficient (Wildman–Crippen LogP) is 6.30. The summed E-state index contributed by atoms with van der Waals surface area (Å²) in [6, 6.07) is 30.8. The molecule has 32 heavy (non-hydrogen) atoms. The molecular formula is C28H27BrNOP. The first-order valence-electron chi connectivity index (χ1n) is 11.2. The van der Waals surface area contributed by atoms with Gasteiger partial charge in [0.2, 0.25) is 0 Å². The summed E-state index contributed by atoms with van der Waals surface area (Å²) in [4.78, 5) is 2.58. The van der Waals surface area contributed by atoms with E-state index in [4.69, 9.17) is 4.74 Å². The second-order valence-corrected chi connectivity index (χ2v) is 11.3. The largest absolute Gasteiger partial charge is 0.378 e. The molecule has 0 radical (unpaired) electrons. The van der Waals surface area contributed by atoms with Gasteiger partial charge in [0, 0.05) is 23.3 Å². The first-order chi connectivity index (χ1) is 15.8. The monoisotopic (exact) mass is 503 g/mol. The number of hydrogen-bond acceptors (Lipinski definition) is 2. The van der Waals surface area contributed by atoms with Crippen molar-refractivity contribution in [2.75, 3.05) is 26.3 Å². The van der Waals surface area contributed by atoms with Gasteiger partial charge in [-0.05, 0) is 66.0 Å². The van der Waals surface area contributed by atoms with Crippen molar-refractivity contribution >= 4 is 40.5 Å². The van der Waals surface area contributed by atoms with Crippen molar-refractivity contribution in [3.63, 3.8) is 0 Å². The number of hydrogen-bond donors (Lipinski definition) is 0. The van der Waals surface area contributed by atoms with Gasteiger partial charge in [0.05, 0.1) is 13.2 Å². The fourth-order valence-corrected chi connectivity index (χ4v) is 7.73. The molecule has 0 aromatic heterocycles. The summed E-state index contributed by atoms with van der Waals surface area (Å²) in [7, 11) is -0.577. The van der Waals surface area contributed by atoms with Gasteiger partial charge in [0.1, 0.15) is 0 Å². The lowest BCUT2D eigenvalue weighted by Crippen LogP contribution is -2.36. The lowest BCUT2D eigenvalue weighted by atomic mass is 10.1. The van der Waals surface area contributed by atoms with E-state index in [1.807, 2.05) is 0 Å². The fourth-order valence-electron chi connectivity index (χ4n) is 4.62. The number of benzene rings is 3. The number of rotatable bonds is 5. The highest BCUT2D eigenvalue weighted by Gasteiger charge is 2.31. The summed E-state index contributed by atoms with van der Waals surface area (Å²) in [5.74, 6) is 0. The van der Waals surface area contributed by atoms with Crippen LogP contribution in [-0.4, -0.2) is 31.2 Å². The van der Waals surface area contributed by atoms with E-state index in [2.05, 4.69) is 112 Å². The van der Waals surface area contributed by atoms with Gasteiger partial charge in [-0.25, -0.2) is 0 Å². The maximum Gasteiger partial charge on any atom is 0.0642 e. The Kier molecular flexibility index (Phi) is 6.88. The second-order valence-electron chi connectivity index (χ2n) is 8.13. The zero-order chi connectivity index (χ0) is 21.8. The van der Waals surface area contributed by atoms with Crippen LogP contribution in [0.25, 0.3) is 6.08 Å². The van der Waals surface area contributed by atoms with Crippen molar-refractivity contribution in [2.24, 2.45) is 0 Å². The van der Waals surface area contributed by atoms with Crippen molar-refractivity contribution in [2.45, 2.75) is 12.8 Å². The van der Waals surface area contributed by atoms with Crippen LogP contribution < -0.4 is 10.6 Å². The fraction of sp³-hybridized carbons (Fsp3) is 0.214. The number of ether oxygens (including phenoxy) is 1. The maximum absolute atomic E-state index is 5.71. The van der Waals surface area contributed by atoms with Crippen LogP contribution in [0.15, 0.2) is 106 Å². The normalized spacial score (nSPS) is 18.1. The van der Waals surface area contributed by atoms with E-state index >= 15 is 0 Å². The van der Waals surface area contributed by atoms with Crippen LogP contribution in [0.5, 0.6) is 0 Å². The zero-order valence-corrected chi connectivity index (χ0v) is 20.6. The van der Waals surface area contributed by atoms with Crippen LogP contribution in [0.2, 0.25) is 0 Å². The highest BCUT2D eigenvalue weighted by atomic mass is 79.9. The summed E-state index contributed by atoms with van der Waals surface area (Å²) >= 11 is 3.63. The van der Waals surface area contributed by atoms with Crippen molar-refractivity contribution in [3.8, 4) is 0 Å². The van der Waals surface area contributed by atoms with Crippen molar-refractivity contribution < 1.29 is 4.74 Å². The number of allylic oxidation sites excluding steroid dienone is 2. The van der Waals surface area contributed by atoms with Crippen molar-refractivity contribution in [3.05, 3.63) is 112 Å². The Morgan fingerprint density at radius 2 is 1.44 bits per heavy atom. The van der Waals surface area contributed by atoms with Crippen LogP contribution in [0, 0.1) is 0 Å². The summed E-state index contributed by atoms with van der Waals surface area (Å²) in [6.45, 7) is 3.52. The van der Waals surface area contributed by atoms with Crippen LogP contribution in [-0.2, 0) is 4.74 Å². The molecule has 0 amide bonds. The third kappa shape index (κ3) is 4.76. The lowest BCUT2D eigenvalue weighted by molar-refractivity contribution is 0.0549. The molecular weight excluding hydrogens is 477 g/mol. The molecule has 1 saturated heterocycles. The molecule has 0 unspecified atom stereocenters. The molecule has 1 fully saturated rings. The Morgan fingerprint density at radius 3 is 2.06 bits per heavy atom. The molecule has 0 N–H and O–H groups in total. The minimum Gasteiger partial charge on any atom is -0.378 e. The van der Waals surface area contributed by atoms with Crippen LogP contribution >= 0.6 is 23.9 Å². The summed E-state index contributed by atoms with van der Waals surface area (Å²) in [5, 5.41) is 4.46. The number of nitrogens with zero attached hydrogens (tertiary/aromatic N) is 1. The molecule has 2 aliphatic rings. The highest BCUT2D eigenvalue weighted by molar-refractivity contribution is 9.10. The standard InChI is InChI=1S/C28H27BrNOP/c29-24-9-7-8-22(21-24)20-23-14-15-27(28(23)30-16-18-31-19-17-30)32(25-10-3-1-4-11-25)26-12-5-2-6-13-26/h1-13,20-21H,14-19H2/b23-20+. The van der Waals surface area contributed by atoms with E-state index in [0.29, 0.717) is 0 Å². The average molecular weight is 504 g/mol. The Morgan fingerprint density at radius 1 is 0.781 bits per heavy atom. The Labute approximate surface area is 200 Å². The summed E-state index contributed by atoms with van der Waals surface area (Å²) in [6.07, 6.45) is 4.60. The third-order valence-corrected chi connectivity index (χ3v) is 9.12. The van der Waals surface area contributed by atoms with Gasteiger partial charge in [-0.2, -0.15) is 0 Å². The van der Waals surface area contributed by atoms with E-state index in [0.717, 1.165) is 43.6 Å². The topological polar surface area (TPSA) is 12.5 Å². The lowest BCUT2D eigenvalue weighted by Gasteiger charge is -2.33. The molecule has 0 spiro atoms. The molecule has 3 aromatic carbocycles. The van der Waals surface area contributed by atoms with Gasteiger partial charge in [0.15, 0.2) is 0 Å². The molecule has 2 nitrogen and oxygen atoms in total. The van der Waals surface area contributed by atoms with E-state index in [9.17, 15) is 0 Å². The zero-order valence-electron chi connectivity index (χ0n) is 18.1. The highest BCUT2D eigenvalue weighted by Crippen LogP contribution is 2.53. The number of halogens is 1. The van der Waals surface area contributed by atoms with Crippen LogP contribution in [0.3, 0.4) is 0 Å². The minimum absolute atomic E-state index is 0.577. The molecule has 0 saturated carbocycles. The Hall–Kier alpha value is -2.19. The van der Waals surface area contributed by atoms with E-state index < -0.39 is 7.92 Å². The smallest absolute Gasteiger partial charge is 0.0642 e. The average Bonchev–Trinajstić information content (AvgIpc) is 3.24. The van der Waals surface area contributed by atoms with Crippen molar-refractivity contribution in [1.82, 2.24) is 4.90 Å². The number of morpholine rings is 1. The van der Waals surface area contributed by atoms with E-state index in [1.165, 1.54) is 27.4 Å². The van der Waals surface area contributed by atoms with Gasteiger partial charge < -0.3 is 9.64 Å². The van der Waals surface area contributed by atoms with Gasteiger partial charge in [0.25, 0.3) is 0 Å². The third-order valence-electron chi connectivity index (χ3n) is 6.02. The SMILES string of the molecule is Brc1cccc(/C=C2\CCC(P(c3ccccc3)c3ccccc3)=C2N2CCOCC2)c1. The molecule has 1 aliphatic carbocycles. The molecule has 4 heteroatoms. The molecule has 5 rings (SSSR count). The van der Waals surface area contributed by atoms with Gasteiger partial charge in [-0.1, -0.05) is 88.7 Å². The van der Waals surface area contributed by atoms with E-state index in [-0.39, 0.29) is 0 Å². The Balaban J connectivity index is 1.66. The second kappa shape index (κ2) is 10.2. The first kappa shape index (κ1) is 21.6. The first-order valence-corrected chi connectivity index (χ1v) is 13.4. The van der Waals surface area contributed by atoms with Gasteiger partial charge >= 0.3 is 0 Å². The van der Waals surface area contributed by atoms with E-state index in [1.54, 1.807) is 5.31 Å². The molecule has 3 aromatic rings. The summed E-state index contributed by atoms with van der Waals surface area (Å²) < 4.78 is 6.83. The van der Waals surface area contributed by atoms with Crippen LogP contribution in [0.4, 0.5) is 0 Å². The predicted molar refractivity (Wildman–Crippen MR) is 140 cm³/mol. The van der Waals surface area contributed by atoms with Crippen LogP contribution in [0.1, 0.15) is 18.4 Å². The summed E-state index contributed by atoms with van der Waals surface area (Å²) in [5.41, 5.74) is 4.18. The quantitative estimate of drug-likeness (QED) is 0.378. The molecule has 1 aliphatic heterocycles. The molecule has 1 heterocycles. The molecule has 0 atom stereocenters. The minimum atomic E-state index is -0.577. The molecule has 162 valence electrons. The Bertz CT molecular complexity index is 1080.